The Morgan fingerprint density at radius 1 is 1.50 bits per heavy atom. The number of rotatable bonds is 7. The van der Waals surface area contributed by atoms with E-state index in [1.807, 2.05) is 13.8 Å². The van der Waals surface area contributed by atoms with Crippen LogP contribution < -0.4 is 10.1 Å². The summed E-state index contributed by atoms with van der Waals surface area (Å²) >= 11 is 1.19. The number of ether oxygens (including phenoxy) is 1. The number of carbonyl (C=O) groups is 1. The summed E-state index contributed by atoms with van der Waals surface area (Å²) in [7, 11) is 1.38. The van der Waals surface area contributed by atoms with Crippen LogP contribution in [0.3, 0.4) is 0 Å². The van der Waals surface area contributed by atoms with Crippen molar-refractivity contribution in [3.63, 3.8) is 0 Å². The van der Waals surface area contributed by atoms with E-state index in [0.29, 0.717) is 10.8 Å². The standard InChI is InChI=1S/C14H17N5O4S/c1-8(2)13-16-14(18-17-13)24-7-12(20)15-10-5-4-9(19(21)22)6-11(10)23-3/h4-6,8H,7H2,1-3H3,(H,15,20)(H,16,17,18). The molecule has 0 aliphatic heterocycles. The zero-order chi connectivity index (χ0) is 17.7. The van der Waals surface area contributed by atoms with Crippen LogP contribution in [0.5, 0.6) is 5.75 Å². The maximum absolute atomic E-state index is 12.0. The van der Waals surface area contributed by atoms with Crippen molar-refractivity contribution in [2.45, 2.75) is 24.9 Å². The zero-order valence-corrected chi connectivity index (χ0v) is 14.2. The van der Waals surface area contributed by atoms with Gasteiger partial charge in [0.05, 0.1) is 29.5 Å². The molecule has 0 radical (unpaired) electrons. The Kier molecular flexibility index (Phi) is 5.74. The molecule has 10 heteroatoms. The average molecular weight is 351 g/mol. The van der Waals surface area contributed by atoms with Gasteiger partial charge in [0.25, 0.3) is 5.69 Å². The Balaban J connectivity index is 1.97. The second-order valence-electron chi connectivity index (χ2n) is 5.14. The van der Waals surface area contributed by atoms with E-state index in [1.165, 1.54) is 37.1 Å². The minimum absolute atomic E-state index is 0.107. The Morgan fingerprint density at radius 2 is 2.25 bits per heavy atom. The number of aromatic amines is 1. The molecule has 9 nitrogen and oxygen atoms in total. The second-order valence-corrected chi connectivity index (χ2v) is 6.08. The van der Waals surface area contributed by atoms with Gasteiger partial charge in [-0.1, -0.05) is 25.6 Å². The lowest BCUT2D eigenvalue weighted by Crippen LogP contribution is -2.15. The number of benzene rings is 1. The number of nitrogens with zero attached hydrogens (tertiary/aromatic N) is 3. The fourth-order valence-electron chi connectivity index (χ4n) is 1.79. The number of hydrogen-bond acceptors (Lipinski definition) is 7. The molecule has 2 rings (SSSR count). The van der Waals surface area contributed by atoms with Crippen LogP contribution in [0.4, 0.5) is 11.4 Å². The van der Waals surface area contributed by atoms with Gasteiger partial charge >= 0.3 is 0 Å². The van der Waals surface area contributed by atoms with Gasteiger partial charge in [0.1, 0.15) is 11.6 Å². The molecule has 1 aromatic heterocycles. The molecular formula is C14H17N5O4S. The third kappa shape index (κ3) is 4.44. The molecular weight excluding hydrogens is 334 g/mol. The topological polar surface area (TPSA) is 123 Å². The summed E-state index contributed by atoms with van der Waals surface area (Å²) in [5.41, 5.74) is 0.257. The van der Waals surface area contributed by atoms with Crippen LogP contribution >= 0.6 is 11.8 Å². The number of aromatic nitrogens is 3. The first-order valence-electron chi connectivity index (χ1n) is 7.08. The van der Waals surface area contributed by atoms with Crippen molar-refractivity contribution in [3.8, 4) is 5.75 Å². The number of anilines is 1. The lowest BCUT2D eigenvalue weighted by molar-refractivity contribution is -0.384. The summed E-state index contributed by atoms with van der Waals surface area (Å²) < 4.78 is 5.07. The van der Waals surface area contributed by atoms with Crippen LogP contribution in [-0.2, 0) is 4.79 Å². The van der Waals surface area contributed by atoms with E-state index in [0.717, 1.165) is 5.82 Å². The minimum Gasteiger partial charge on any atom is -0.494 e. The first-order valence-corrected chi connectivity index (χ1v) is 8.06. The highest BCUT2D eigenvalue weighted by Crippen LogP contribution is 2.29. The van der Waals surface area contributed by atoms with Crippen molar-refractivity contribution in [1.29, 1.82) is 0 Å². The lowest BCUT2D eigenvalue weighted by atomic mass is 10.2. The third-order valence-corrected chi connectivity index (χ3v) is 3.88. The van der Waals surface area contributed by atoms with Gasteiger partial charge in [0.2, 0.25) is 11.1 Å². The summed E-state index contributed by atoms with van der Waals surface area (Å²) in [6.07, 6.45) is 0. The number of thioether (sulfide) groups is 1. The normalized spacial score (nSPS) is 10.7. The number of nitrogens with one attached hydrogen (secondary N) is 2. The molecule has 0 saturated heterocycles. The molecule has 0 atom stereocenters. The number of nitro groups is 1. The van der Waals surface area contributed by atoms with Gasteiger partial charge < -0.3 is 10.1 Å². The van der Waals surface area contributed by atoms with Crippen LogP contribution in [0.25, 0.3) is 0 Å². The molecule has 128 valence electrons. The van der Waals surface area contributed by atoms with Crippen LogP contribution in [0.1, 0.15) is 25.6 Å². The number of H-pyrrole nitrogens is 1. The summed E-state index contributed by atoms with van der Waals surface area (Å²) in [6, 6.07) is 3.99. The van der Waals surface area contributed by atoms with E-state index in [-0.39, 0.29) is 29.0 Å². The fraction of sp³-hybridized carbons (Fsp3) is 0.357. The molecule has 1 amide bonds. The summed E-state index contributed by atoms with van der Waals surface area (Å²) in [5.74, 6) is 1.03. The van der Waals surface area contributed by atoms with Crippen molar-refractivity contribution < 1.29 is 14.5 Å². The number of methoxy groups -OCH3 is 1. The van der Waals surface area contributed by atoms with Crippen molar-refractivity contribution >= 4 is 29.0 Å². The number of carbonyl (C=O) groups excluding carboxylic acids is 1. The van der Waals surface area contributed by atoms with Crippen LogP contribution in [0.15, 0.2) is 23.4 Å². The predicted octanol–water partition coefficient (Wildman–Crippen LogP) is 2.58. The first-order chi connectivity index (χ1) is 11.4. The number of nitro benzene ring substituents is 1. The Morgan fingerprint density at radius 3 is 2.83 bits per heavy atom. The highest BCUT2D eigenvalue weighted by atomic mass is 32.2. The van der Waals surface area contributed by atoms with E-state index in [1.54, 1.807) is 0 Å². The number of non-ortho nitro benzene ring substituents is 1. The molecule has 0 fully saturated rings. The second kappa shape index (κ2) is 7.77. The van der Waals surface area contributed by atoms with E-state index >= 15 is 0 Å². The largest absolute Gasteiger partial charge is 0.494 e. The quantitative estimate of drug-likeness (QED) is 0.446. The molecule has 0 saturated carbocycles. The van der Waals surface area contributed by atoms with Crippen LogP contribution in [0.2, 0.25) is 0 Å². The van der Waals surface area contributed by atoms with Gasteiger partial charge in [0.15, 0.2) is 0 Å². The Bertz CT molecular complexity index is 747. The highest BCUT2D eigenvalue weighted by Gasteiger charge is 2.14. The Hall–Kier alpha value is -2.62. The average Bonchev–Trinajstić information content (AvgIpc) is 3.02. The molecule has 2 N–H and O–H groups in total. The monoisotopic (exact) mass is 351 g/mol. The molecule has 2 aromatic rings. The van der Waals surface area contributed by atoms with E-state index < -0.39 is 4.92 Å². The smallest absolute Gasteiger partial charge is 0.273 e. The Labute approximate surface area is 142 Å². The molecule has 1 aromatic carbocycles. The van der Waals surface area contributed by atoms with E-state index in [4.69, 9.17) is 4.74 Å². The van der Waals surface area contributed by atoms with Crippen molar-refractivity contribution in [2.75, 3.05) is 18.2 Å². The maximum Gasteiger partial charge on any atom is 0.273 e. The molecule has 0 aliphatic rings. The lowest BCUT2D eigenvalue weighted by Gasteiger charge is -2.09. The fourth-order valence-corrected chi connectivity index (χ4v) is 2.40. The van der Waals surface area contributed by atoms with E-state index in [9.17, 15) is 14.9 Å². The van der Waals surface area contributed by atoms with Gasteiger partial charge in [-0.2, -0.15) is 0 Å². The molecule has 1 heterocycles. The SMILES string of the molecule is COc1cc([N+](=O)[O-])ccc1NC(=O)CSc1n[nH]c(C(C)C)n1. The van der Waals surface area contributed by atoms with Gasteiger partial charge in [-0.3, -0.25) is 20.0 Å². The van der Waals surface area contributed by atoms with Gasteiger partial charge in [-0.25, -0.2) is 4.98 Å². The zero-order valence-electron chi connectivity index (χ0n) is 13.4. The van der Waals surface area contributed by atoms with Gasteiger partial charge in [0, 0.05) is 12.0 Å². The molecule has 24 heavy (non-hydrogen) atoms. The summed E-state index contributed by atoms with van der Waals surface area (Å²) in [5, 5.41) is 20.7. The highest BCUT2D eigenvalue weighted by molar-refractivity contribution is 7.99. The van der Waals surface area contributed by atoms with Crippen LogP contribution in [0, 0.1) is 10.1 Å². The minimum atomic E-state index is -0.528. The number of amides is 1. The van der Waals surface area contributed by atoms with Crippen molar-refractivity contribution in [2.24, 2.45) is 0 Å². The molecule has 0 spiro atoms. The van der Waals surface area contributed by atoms with Crippen molar-refractivity contribution in [3.05, 3.63) is 34.1 Å². The van der Waals surface area contributed by atoms with Crippen molar-refractivity contribution in [1.82, 2.24) is 15.2 Å². The maximum atomic E-state index is 12.0. The first kappa shape index (κ1) is 17.7. The van der Waals surface area contributed by atoms with Gasteiger partial charge in [-0.15, -0.1) is 5.10 Å². The molecule has 0 bridgehead atoms. The predicted molar refractivity (Wildman–Crippen MR) is 89.5 cm³/mol. The summed E-state index contributed by atoms with van der Waals surface area (Å²) in [6.45, 7) is 3.98. The summed E-state index contributed by atoms with van der Waals surface area (Å²) in [4.78, 5) is 26.5. The van der Waals surface area contributed by atoms with E-state index in [2.05, 4.69) is 20.5 Å². The third-order valence-electron chi connectivity index (χ3n) is 3.03. The number of hydrogen-bond donors (Lipinski definition) is 2. The van der Waals surface area contributed by atoms with Crippen LogP contribution in [-0.4, -0.2) is 38.9 Å². The molecule has 0 aliphatic carbocycles. The molecule has 0 unspecified atom stereocenters. The van der Waals surface area contributed by atoms with Gasteiger partial charge in [-0.05, 0) is 6.07 Å².